The van der Waals surface area contributed by atoms with E-state index in [1.165, 1.54) is 38.6 Å². The SMILES string of the molecule is Cc1cc(C)c(N=C=S)c(C)c1C.Cc1ccc2c(C)c(N=C=S)c(C)cc2c1. The molecule has 0 amide bonds. The molecule has 0 spiro atoms. The van der Waals surface area contributed by atoms with E-state index in [2.05, 4.69) is 117 Å². The van der Waals surface area contributed by atoms with E-state index in [0.29, 0.717) is 0 Å². The van der Waals surface area contributed by atoms with E-state index in [1.807, 2.05) is 6.92 Å². The number of aryl methyl sites for hydroxylation is 5. The molecule has 0 N–H and O–H groups in total. The quantitative estimate of drug-likeness (QED) is 0.310. The van der Waals surface area contributed by atoms with E-state index in [4.69, 9.17) is 0 Å². The van der Waals surface area contributed by atoms with E-state index in [9.17, 15) is 0 Å². The molecule has 2 nitrogen and oxygen atoms in total. The molecular formula is C25H26N2S2. The van der Waals surface area contributed by atoms with Crippen molar-refractivity contribution in [3.05, 3.63) is 69.3 Å². The van der Waals surface area contributed by atoms with Gasteiger partial charge in [0.15, 0.2) is 0 Å². The molecule has 0 saturated carbocycles. The van der Waals surface area contributed by atoms with Crippen molar-refractivity contribution in [3.8, 4) is 0 Å². The predicted octanol–water partition coefficient (Wildman–Crippen LogP) is 8.15. The highest BCUT2D eigenvalue weighted by atomic mass is 32.1. The Morgan fingerprint density at radius 1 is 0.621 bits per heavy atom. The molecule has 3 rings (SSSR count). The molecule has 3 aromatic rings. The number of isothiocyanates is 2. The van der Waals surface area contributed by atoms with Crippen LogP contribution in [0.1, 0.15) is 38.9 Å². The summed E-state index contributed by atoms with van der Waals surface area (Å²) in [4.78, 5) is 8.22. The normalized spacial score (nSPS) is 9.90. The topological polar surface area (TPSA) is 24.7 Å². The zero-order valence-corrected chi connectivity index (χ0v) is 19.7. The summed E-state index contributed by atoms with van der Waals surface area (Å²) in [6.07, 6.45) is 0. The van der Waals surface area contributed by atoms with Crippen molar-refractivity contribution in [1.29, 1.82) is 0 Å². The molecule has 0 fully saturated rings. The van der Waals surface area contributed by atoms with Crippen LogP contribution in [0.15, 0.2) is 40.3 Å². The Bertz CT molecular complexity index is 1180. The first-order valence-corrected chi connectivity index (χ1v) is 10.3. The predicted molar refractivity (Wildman–Crippen MR) is 133 cm³/mol. The molecule has 0 aliphatic heterocycles. The Labute approximate surface area is 184 Å². The van der Waals surface area contributed by atoms with Gasteiger partial charge < -0.3 is 0 Å². The second-order valence-electron chi connectivity index (χ2n) is 7.41. The van der Waals surface area contributed by atoms with E-state index in [1.54, 1.807) is 0 Å². The number of hydrogen-bond acceptors (Lipinski definition) is 4. The van der Waals surface area contributed by atoms with Gasteiger partial charge in [-0.15, -0.1) is 0 Å². The van der Waals surface area contributed by atoms with Crippen molar-refractivity contribution < 1.29 is 0 Å². The highest BCUT2D eigenvalue weighted by Gasteiger charge is 2.07. The summed E-state index contributed by atoms with van der Waals surface area (Å²) in [6, 6.07) is 10.7. The van der Waals surface area contributed by atoms with Crippen LogP contribution in [0.3, 0.4) is 0 Å². The number of aliphatic imine (C=N–C) groups is 2. The minimum atomic E-state index is 0.950. The standard InChI is InChI=1S/C14H13NS.C11H13NS/c1-9-4-5-13-11(3)14(15-8-16)10(2)7-12(13)6-9;1-7-5-8(2)11(12-6-13)10(4)9(7)3/h4-7H,1-3H3;5H,1-4H3. The van der Waals surface area contributed by atoms with Gasteiger partial charge in [0.1, 0.15) is 0 Å². The molecule has 148 valence electrons. The maximum absolute atomic E-state index is 4.68. The van der Waals surface area contributed by atoms with E-state index >= 15 is 0 Å². The second kappa shape index (κ2) is 9.82. The van der Waals surface area contributed by atoms with Crippen LogP contribution in [0.2, 0.25) is 0 Å². The van der Waals surface area contributed by atoms with E-state index < -0.39 is 0 Å². The van der Waals surface area contributed by atoms with Crippen LogP contribution in [0.25, 0.3) is 10.8 Å². The van der Waals surface area contributed by atoms with Crippen LogP contribution < -0.4 is 0 Å². The number of thiocarbonyl (C=S) groups is 2. The molecule has 3 aromatic carbocycles. The fourth-order valence-electron chi connectivity index (χ4n) is 3.57. The van der Waals surface area contributed by atoms with Crippen molar-refractivity contribution in [2.75, 3.05) is 0 Å². The first kappa shape index (κ1) is 22.8. The average Bonchev–Trinajstić information content (AvgIpc) is 2.67. The third kappa shape index (κ3) is 5.12. The van der Waals surface area contributed by atoms with E-state index in [0.717, 1.165) is 22.5 Å². The maximum Gasteiger partial charge on any atom is 0.0804 e. The van der Waals surface area contributed by atoms with Gasteiger partial charge in [0.05, 0.1) is 21.7 Å². The van der Waals surface area contributed by atoms with Crippen LogP contribution >= 0.6 is 24.4 Å². The first-order chi connectivity index (χ1) is 13.7. The Kier molecular flexibility index (Phi) is 7.73. The smallest absolute Gasteiger partial charge is 0.0804 e. The minimum absolute atomic E-state index is 0.950. The van der Waals surface area contributed by atoms with E-state index in [-0.39, 0.29) is 0 Å². The van der Waals surface area contributed by atoms with Crippen LogP contribution in [0.5, 0.6) is 0 Å². The molecule has 0 aromatic heterocycles. The molecule has 0 bridgehead atoms. The molecule has 4 heteroatoms. The Balaban J connectivity index is 0.000000212. The van der Waals surface area contributed by atoms with Crippen molar-refractivity contribution in [2.24, 2.45) is 9.98 Å². The molecule has 0 unspecified atom stereocenters. The summed E-state index contributed by atoms with van der Waals surface area (Å²) in [5.41, 5.74) is 10.5. The average molecular weight is 419 g/mol. The summed E-state index contributed by atoms with van der Waals surface area (Å²) >= 11 is 9.29. The molecular weight excluding hydrogens is 392 g/mol. The van der Waals surface area contributed by atoms with Gasteiger partial charge in [-0.05, 0) is 123 Å². The second-order valence-corrected chi connectivity index (χ2v) is 7.77. The molecule has 0 atom stereocenters. The molecule has 29 heavy (non-hydrogen) atoms. The van der Waals surface area contributed by atoms with Crippen LogP contribution in [0, 0.1) is 48.5 Å². The molecule has 0 radical (unpaired) electrons. The summed E-state index contributed by atoms with van der Waals surface area (Å²) < 4.78 is 0. The summed E-state index contributed by atoms with van der Waals surface area (Å²) in [6.45, 7) is 14.6. The van der Waals surface area contributed by atoms with Gasteiger partial charge >= 0.3 is 0 Å². The lowest BCUT2D eigenvalue weighted by molar-refractivity contribution is 1.22. The number of fused-ring (bicyclic) bond motifs is 1. The summed E-state index contributed by atoms with van der Waals surface area (Å²) in [7, 11) is 0. The number of hydrogen-bond donors (Lipinski definition) is 0. The van der Waals surface area contributed by atoms with Gasteiger partial charge in [0, 0.05) is 0 Å². The Hall–Kier alpha value is -2.48. The minimum Gasteiger partial charge on any atom is -0.194 e. The first-order valence-electron chi connectivity index (χ1n) is 9.45. The summed E-state index contributed by atoms with van der Waals surface area (Å²) in [5, 5.41) is 7.37. The van der Waals surface area contributed by atoms with Crippen LogP contribution in [-0.2, 0) is 0 Å². The largest absolute Gasteiger partial charge is 0.194 e. The fourth-order valence-corrected chi connectivity index (χ4v) is 3.76. The maximum atomic E-state index is 4.68. The third-order valence-corrected chi connectivity index (χ3v) is 5.53. The lowest BCUT2D eigenvalue weighted by Gasteiger charge is -2.09. The Morgan fingerprint density at radius 2 is 1.17 bits per heavy atom. The van der Waals surface area contributed by atoms with Gasteiger partial charge in [-0.1, -0.05) is 29.8 Å². The number of nitrogens with zero attached hydrogens (tertiary/aromatic N) is 2. The van der Waals surface area contributed by atoms with Crippen molar-refractivity contribution in [2.45, 2.75) is 48.5 Å². The number of rotatable bonds is 2. The van der Waals surface area contributed by atoms with Gasteiger partial charge in [0.25, 0.3) is 0 Å². The lowest BCUT2D eigenvalue weighted by atomic mass is 9.98. The monoisotopic (exact) mass is 418 g/mol. The molecule has 0 aliphatic rings. The molecule has 0 aliphatic carbocycles. The fraction of sp³-hybridized carbons (Fsp3) is 0.280. The Morgan fingerprint density at radius 3 is 1.76 bits per heavy atom. The molecule has 0 saturated heterocycles. The van der Waals surface area contributed by atoms with Gasteiger partial charge in [0.2, 0.25) is 0 Å². The number of benzene rings is 3. The van der Waals surface area contributed by atoms with Gasteiger partial charge in [-0.3, -0.25) is 0 Å². The zero-order valence-electron chi connectivity index (χ0n) is 18.1. The third-order valence-electron chi connectivity index (χ3n) is 5.34. The lowest BCUT2D eigenvalue weighted by Crippen LogP contribution is -1.89. The summed E-state index contributed by atoms with van der Waals surface area (Å²) in [5.74, 6) is 0. The van der Waals surface area contributed by atoms with Gasteiger partial charge in [-0.2, -0.15) is 9.98 Å². The zero-order chi connectivity index (χ0) is 21.7. The van der Waals surface area contributed by atoms with Crippen LogP contribution in [-0.4, -0.2) is 10.3 Å². The van der Waals surface area contributed by atoms with Crippen molar-refractivity contribution in [1.82, 2.24) is 0 Å². The van der Waals surface area contributed by atoms with Crippen molar-refractivity contribution in [3.63, 3.8) is 0 Å². The highest BCUT2D eigenvalue weighted by molar-refractivity contribution is 7.78. The molecule has 0 heterocycles. The van der Waals surface area contributed by atoms with Crippen molar-refractivity contribution >= 4 is 56.9 Å². The van der Waals surface area contributed by atoms with Gasteiger partial charge in [-0.25, -0.2) is 0 Å². The van der Waals surface area contributed by atoms with Crippen LogP contribution in [0.4, 0.5) is 11.4 Å². The highest BCUT2D eigenvalue weighted by Crippen LogP contribution is 2.31.